The van der Waals surface area contributed by atoms with E-state index in [1.54, 1.807) is 0 Å². The van der Waals surface area contributed by atoms with Crippen molar-refractivity contribution in [2.45, 2.75) is 22.7 Å². The third-order valence-electron chi connectivity index (χ3n) is 0.766. The first kappa shape index (κ1) is 11.3. The minimum atomic E-state index is -5.19. The zero-order valence-electron chi connectivity index (χ0n) is 4.93. The van der Waals surface area contributed by atoms with Gasteiger partial charge in [-0.2, -0.15) is 22.0 Å². The maximum Gasteiger partial charge on any atom is 0.419 e. The summed E-state index contributed by atoms with van der Waals surface area (Å²) in [7, 11) is 0. The zero-order chi connectivity index (χ0) is 9.28. The molecule has 0 aliphatic heterocycles. The molecule has 0 saturated heterocycles. The van der Waals surface area contributed by atoms with Crippen molar-refractivity contribution in [1.82, 2.24) is 0 Å². The molecule has 0 aromatic carbocycles. The first-order chi connectivity index (χ1) is 4.63. The van der Waals surface area contributed by atoms with Gasteiger partial charge in [-0.3, -0.25) is 0 Å². The van der Waals surface area contributed by atoms with Gasteiger partial charge in [0.2, 0.25) is 6.17 Å². The summed E-state index contributed by atoms with van der Waals surface area (Å²) in [6.45, 7) is 0. The second-order valence-electron chi connectivity index (χ2n) is 1.83. The Labute approximate surface area is 72.1 Å². The van der Waals surface area contributed by atoms with Gasteiger partial charge in [0.15, 0.2) is 0 Å². The number of rotatable bonds is 2. The minimum absolute atomic E-state index is 0.458. The van der Waals surface area contributed by atoms with Gasteiger partial charge in [0, 0.05) is 0 Å². The quantitative estimate of drug-likeness (QED) is 0.416. The number of hydrogen-bond donors (Lipinski definition) is 0. The van der Waals surface area contributed by atoms with E-state index in [4.69, 9.17) is 0 Å². The Morgan fingerprint density at radius 1 is 1.09 bits per heavy atom. The summed E-state index contributed by atoms with van der Waals surface area (Å²) in [6.07, 6.45) is -10.5. The Morgan fingerprint density at radius 2 is 1.45 bits per heavy atom. The third-order valence-corrected chi connectivity index (χ3v) is 1.21. The highest BCUT2D eigenvalue weighted by molar-refractivity contribution is 14.1. The molecule has 0 spiro atoms. The molecule has 1 atom stereocenters. The van der Waals surface area contributed by atoms with Gasteiger partial charge in [-0.1, -0.05) is 0 Å². The molecule has 0 rings (SSSR count). The molecule has 0 aromatic heterocycles. The van der Waals surface area contributed by atoms with Crippen LogP contribution in [0.1, 0.15) is 6.42 Å². The molecule has 0 aromatic rings. The summed E-state index contributed by atoms with van der Waals surface area (Å²) in [5.74, 6) is 0. The van der Waals surface area contributed by atoms with Crippen LogP contribution in [0.2, 0.25) is 0 Å². The van der Waals surface area contributed by atoms with Crippen LogP contribution in [0.4, 0.5) is 26.3 Å². The van der Waals surface area contributed by atoms with Gasteiger partial charge in [0.05, 0.1) is 6.42 Å². The molecule has 1 unspecified atom stereocenters. The average molecular weight is 292 g/mol. The molecule has 7 heteroatoms. The Morgan fingerprint density at radius 3 is 1.55 bits per heavy atom. The second-order valence-corrected chi connectivity index (χ2v) is 3.41. The fourth-order valence-electron chi connectivity index (χ4n) is 0.319. The van der Waals surface area contributed by atoms with Crippen LogP contribution in [0.15, 0.2) is 0 Å². The van der Waals surface area contributed by atoms with Crippen molar-refractivity contribution in [3.63, 3.8) is 0 Å². The van der Waals surface area contributed by atoms with Crippen molar-refractivity contribution in [1.29, 1.82) is 0 Å². The molecule has 0 aliphatic rings. The lowest BCUT2D eigenvalue weighted by molar-refractivity contribution is -0.190. The summed E-state index contributed by atoms with van der Waals surface area (Å²) in [5, 5.41) is 0. The summed E-state index contributed by atoms with van der Waals surface area (Å²) in [6, 6.07) is 0. The van der Waals surface area contributed by atoms with Crippen LogP contribution >= 0.6 is 22.6 Å². The molecule has 0 bridgehead atoms. The highest BCUT2D eigenvalue weighted by Crippen LogP contribution is 2.35. The molecular weight excluding hydrogens is 289 g/mol. The summed E-state index contributed by atoms with van der Waals surface area (Å²) < 4.78 is 65.5. The Hall–Kier alpha value is 0.310. The first-order valence-electron chi connectivity index (χ1n) is 2.40. The van der Waals surface area contributed by atoms with Gasteiger partial charge in [-0.15, -0.1) is 0 Å². The zero-order valence-corrected chi connectivity index (χ0v) is 7.09. The van der Waals surface area contributed by atoms with Gasteiger partial charge in [0.25, 0.3) is 3.93 Å². The summed E-state index contributed by atoms with van der Waals surface area (Å²) in [4.78, 5) is 0. The molecule has 0 N–H and O–H groups in total. The van der Waals surface area contributed by atoms with Gasteiger partial charge in [-0.05, 0) is 22.6 Å². The van der Waals surface area contributed by atoms with Crippen LogP contribution in [0.3, 0.4) is 0 Å². The molecule has 0 aliphatic carbocycles. The van der Waals surface area contributed by atoms with Gasteiger partial charge in [-0.25, -0.2) is 4.39 Å². The molecule has 11 heavy (non-hydrogen) atoms. The Bertz CT molecular complexity index is 124. The topological polar surface area (TPSA) is 0 Å². The lowest BCUT2D eigenvalue weighted by Gasteiger charge is -2.14. The Balaban J connectivity index is 3.99. The van der Waals surface area contributed by atoms with E-state index >= 15 is 0 Å². The van der Waals surface area contributed by atoms with Crippen LogP contribution in [0.5, 0.6) is 0 Å². The highest BCUT2D eigenvalue weighted by atomic mass is 127. The normalized spacial score (nSPS) is 16.6. The lowest BCUT2D eigenvalue weighted by atomic mass is 10.3. The van der Waals surface area contributed by atoms with Crippen LogP contribution in [0.25, 0.3) is 0 Å². The van der Waals surface area contributed by atoms with E-state index in [9.17, 15) is 26.3 Å². The summed E-state index contributed by atoms with van der Waals surface area (Å²) >= 11 is 0.458. The first-order valence-corrected chi connectivity index (χ1v) is 3.48. The predicted octanol–water partition coefficient (Wildman–Crippen LogP) is 3.30. The van der Waals surface area contributed by atoms with E-state index in [1.165, 1.54) is 0 Å². The third kappa shape index (κ3) is 5.57. The SMILES string of the molecule is FC(CC(F)(F)I)C(F)(F)F. The average Bonchev–Trinajstić information content (AvgIpc) is 1.56. The molecule has 0 radical (unpaired) electrons. The van der Waals surface area contributed by atoms with Crippen molar-refractivity contribution in [3.8, 4) is 0 Å². The van der Waals surface area contributed by atoms with E-state index in [0.29, 0.717) is 22.6 Å². The van der Waals surface area contributed by atoms with Crippen molar-refractivity contribution in [2.75, 3.05) is 0 Å². The Kier molecular flexibility index (Phi) is 3.45. The highest BCUT2D eigenvalue weighted by Gasteiger charge is 2.45. The standard InChI is InChI=1S/C4H3F6I/c5-2(4(8,9)10)1-3(6,7)11/h2H,1H2. The summed E-state index contributed by atoms with van der Waals surface area (Å²) in [5.41, 5.74) is 0. The molecule has 0 amide bonds. The maximum atomic E-state index is 11.8. The van der Waals surface area contributed by atoms with Crippen LogP contribution in [-0.2, 0) is 0 Å². The van der Waals surface area contributed by atoms with Gasteiger partial charge in [0.1, 0.15) is 0 Å². The number of halogens is 7. The lowest BCUT2D eigenvalue weighted by Crippen LogP contribution is -2.29. The monoisotopic (exact) mass is 292 g/mol. The van der Waals surface area contributed by atoms with Crippen LogP contribution in [-0.4, -0.2) is 16.3 Å². The van der Waals surface area contributed by atoms with E-state index in [1.807, 2.05) is 0 Å². The molecule has 0 saturated carbocycles. The molecule has 0 heterocycles. The van der Waals surface area contributed by atoms with E-state index in [-0.39, 0.29) is 0 Å². The predicted molar refractivity (Wildman–Crippen MR) is 34.5 cm³/mol. The van der Waals surface area contributed by atoms with Crippen molar-refractivity contribution in [3.05, 3.63) is 0 Å². The molecular formula is C4H3F6I. The van der Waals surface area contributed by atoms with Crippen molar-refractivity contribution >= 4 is 22.6 Å². The number of alkyl halides is 7. The van der Waals surface area contributed by atoms with Crippen LogP contribution < -0.4 is 0 Å². The van der Waals surface area contributed by atoms with E-state index in [2.05, 4.69) is 0 Å². The van der Waals surface area contributed by atoms with Gasteiger partial charge >= 0.3 is 6.18 Å². The molecule has 0 fully saturated rings. The van der Waals surface area contributed by atoms with E-state index in [0.717, 1.165) is 0 Å². The smallest absolute Gasteiger partial charge is 0.237 e. The molecule has 0 nitrogen and oxygen atoms in total. The van der Waals surface area contributed by atoms with Crippen molar-refractivity contribution < 1.29 is 26.3 Å². The fourth-order valence-corrected chi connectivity index (χ4v) is 0.706. The van der Waals surface area contributed by atoms with E-state index < -0.39 is 22.7 Å². The molecule has 68 valence electrons. The number of hydrogen-bond acceptors (Lipinski definition) is 0. The largest absolute Gasteiger partial charge is 0.419 e. The fraction of sp³-hybridized carbons (Fsp3) is 1.00. The minimum Gasteiger partial charge on any atom is -0.237 e. The maximum absolute atomic E-state index is 11.8. The van der Waals surface area contributed by atoms with Crippen molar-refractivity contribution in [2.24, 2.45) is 0 Å². The second kappa shape index (κ2) is 3.36. The van der Waals surface area contributed by atoms with Crippen LogP contribution in [0, 0.1) is 0 Å². The van der Waals surface area contributed by atoms with Gasteiger partial charge < -0.3 is 0 Å².